The molecule has 0 spiro atoms. The van der Waals surface area contributed by atoms with E-state index in [9.17, 15) is 0 Å². The number of nitrogens with zero attached hydrogens (tertiary/aromatic N) is 4. The number of hydrogen-bond donors (Lipinski definition) is 1. The van der Waals surface area contributed by atoms with Crippen molar-refractivity contribution in [3.63, 3.8) is 0 Å². The predicted octanol–water partition coefficient (Wildman–Crippen LogP) is 5.11. The van der Waals surface area contributed by atoms with Crippen LogP contribution in [0.15, 0.2) is 12.7 Å². The van der Waals surface area contributed by atoms with Crippen LogP contribution in [0.4, 0.5) is 5.82 Å². The summed E-state index contributed by atoms with van der Waals surface area (Å²) < 4.78 is 21.8. The molecule has 3 heterocycles. The van der Waals surface area contributed by atoms with Gasteiger partial charge in [0.1, 0.15) is 11.8 Å². The lowest BCUT2D eigenvalue weighted by Crippen LogP contribution is -2.45. The minimum Gasteiger partial charge on any atom is -0.414 e. The minimum atomic E-state index is -2.03. The van der Waals surface area contributed by atoms with E-state index in [1.807, 2.05) is 4.57 Å². The summed E-state index contributed by atoms with van der Waals surface area (Å²) in [6.07, 6.45) is 3.47. The number of rotatable bonds is 6. The van der Waals surface area contributed by atoms with Crippen molar-refractivity contribution in [2.75, 3.05) is 12.3 Å². The number of imidazole rings is 1. The Morgan fingerprint density at radius 3 is 2.25 bits per heavy atom. The molecule has 2 N–H and O–H groups in total. The first-order chi connectivity index (χ1) is 14.5. The molecule has 2 aromatic rings. The number of aromatic nitrogens is 4. The van der Waals surface area contributed by atoms with Gasteiger partial charge in [-0.25, -0.2) is 15.0 Å². The van der Waals surface area contributed by atoms with Gasteiger partial charge in [-0.05, 0) is 36.3 Å². The third-order valence-corrected chi connectivity index (χ3v) is 16.5. The molecule has 1 fully saturated rings. The molecule has 32 heavy (non-hydrogen) atoms. The lowest BCUT2D eigenvalue weighted by molar-refractivity contribution is -0.0443. The highest BCUT2D eigenvalue weighted by Crippen LogP contribution is 2.43. The van der Waals surface area contributed by atoms with Crippen LogP contribution in [-0.2, 0) is 13.6 Å². The monoisotopic (exact) mass is 479 g/mol. The van der Waals surface area contributed by atoms with Crippen LogP contribution in [0.1, 0.15) is 54.2 Å². The van der Waals surface area contributed by atoms with E-state index in [0.29, 0.717) is 23.6 Å². The van der Waals surface area contributed by atoms with Gasteiger partial charge in [-0.1, -0.05) is 41.5 Å². The van der Waals surface area contributed by atoms with Crippen molar-refractivity contribution in [3.8, 4) is 0 Å². The van der Waals surface area contributed by atoms with Crippen LogP contribution in [-0.4, -0.2) is 55.0 Å². The smallest absolute Gasteiger partial charge is 0.192 e. The summed E-state index contributed by atoms with van der Waals surface area (Å²) in [4.78, 5) is 12.9. The van der Waals surface area contributed by atoms with Crippen LogP contribution >= 0.6 is 0 Å². The predicted molar refractivity (Wildman–Crippen MR) is 133 cm³/mol. The van der Waals surface area contributed by atoms with Gasteiger partial charge in [0, 0.05) is 6.42 Å². The normalized spacial score (nSPS) is 23.2. The fourth-order valence-electron chi connectivity index (χ4n) is 3.30. The molecule has 10 heteroatoms. The molecular weight excluding hydrogens is 438 g/mol. The Bertz CT molecular complexity index is 949. The summed E-state index contributed by atoms with van der Waals surface area (Å²) in [5.74, 6) is 0.367. The lowest BCUT2D eigenvalue weighted by Gasteiger charge is -2.39. The zero-order valence-electron chi connectivity index (χ0n) is 21.4. The van der Waals surface area contributed by atoms with Gasteiger partial charge in [-0.3, -0.25) is 4.57 Å². The Kier molecular flexibility index (Phi) is 6.69. The van der Waals surface area contributed by atoms with Crippen LogP contribution in [0, 0.1) is 0 Å². The summed E-state index contributed by atoms with van der Waals surface area (Å²) >= 11 is 0. The van der Waals surface area contributed by atoms with Crippen molar-refractivity contribution >= 4 is 33.6 Å². The Hall–Kier alpha value is -1.34. The van der Waals surface area contributed by atoms with E-state index in [4.69, 9.17) is 19.3 Å². The maximum Gasteiger partial charge on any atom is 0.192 e. The highest BCUT2D eigenvalue weighted by atomic mass is 28.4. The number of fused-ring (bicyclic) bond motifs is 1. The molecule has 0 radical (unpaired) electrons. The summed E-state index contributed by atoms with van der Waals surface area (Å²) in [5.41, 5.74) is 7.27. The average Bonchev–Trinajstić information content (AvgIpc) is 3.22. The van der Waals surface area contributed by atoms with Gasteiger partial charge in [-0.15, -0.1) is 0 Å². The largest absolute Gasteiger partial charge is 0.414 e. The van der Waals surface area contributed by atoms with Crippen molar-refractivity contribution in [1.82, 2.24) is 19.5 Å². The molecule has 1 aliphatic rings. The molecule has 1 aliphatic heterocycles. The maximum absolute atomic E-state index is 6.85. The fraction of sp³-hybridized carbons (Fsp3) is 0.773. The molecule has 8 nitrogen and oxygen atoms in total. The van der Waals surface area contributed by atoms with Crippen molar-refractivity contribution in [2.45, 2.75) is 103 Å². The first kappa shape index (κ1) is 25.3. The second kappa shape index (κ2) is 8.46. The molecule has 180 valence electrons. The molecule has 0 aromatic carbocycles. The summed E-state index contributed by atoms with van der Waals surface area (Å²) in [6.45, 7) is 23.2. The molecule has 0 bridgehead atoms. The number of nitrogen functional groups attached to an aromatic ring is 1. The molecule has 0 unspecified atom stereocenters. The number of anilines is 1. The highest BCUT2D eigenvalue weighted by molar-refractivity contribution is 6.74. The Labute approximate surface area is 194 Å². The van der Waals surface area contributed by atoms with Crippen molar-refractivity contribution in [2.24, 2.45) is 0 Å². The molecular formula is C22H41N5O3Si2. The Balaban J connectivity index is 1.89. The molecule has 1 saturated heterocycles. The second-order valence-corrected chi connectivity index (χ2v) is 21.5. The summed E-state index contributed by atoms with van der Waals surface area (Å²) in [5, 5.41) is 0.244. The summed E-state index contributed by atoms with van der Waals surface area (Å²) in [6, 6.07) is 0. The van der Waals surface area contributed by atoms with E-state index in [1.165, 1.54) is 6.33 Å². The van der Waals surface area contributed by atoms with E-state index in [-0.39, 0.29) is 28.5 Å². The molecule has 0 amide bonds. The molecule has 2 aromatic heterocycles. The Morgan fingerprint density at radius 2 is 1.66 bits per heavy atom. The van der Waals surface area contributed by atoms with E-state index in [0.717, 1.165) is 6.42 Å². The van der Waals surface area contributed by atoms with Gasteiger partial charge in [0.25, 0.3) is 0 Å². The first-order valence-corrected chi connectivity index (χ1v) is 17.3. The summed E-state index contributed by atoms with van der Waals surface area (Å²) in [7, 11) is -3.90. The van der Waals surface area contributed by atoms with Crippen LogP contribution < -0.4 is 5.73 Å². The molecule has 3 rings (SSSR count). The van der Waals surface area contributed by atoms with Crippen molar-refractivity contribution < 1.29 is 13.6 Å². The zero-order valence-corrected chi connectivity index (χ0v) is 23.4. The van der Waals surface area contributed by atoms with Crippen LogP contribution in [0.2, 0.25) is 36.3 Å². The van der Waals surface area contributed by atoms with Crippen molar-refractivity contribution in [3.05, 3.63) is 12.7 Å². The second-order valence-electron chi connectivity index (χ2n) is 12.0. The van der Waals surface area contributed by atoms with Gasteiger partial charge in [-0.2, -0.15) is 0 Å². The van der Waals surface area contributed by atoms with Gasteiger partial charge in [0.05, 0.1) is 25.1 Å². The van der Waals surface area contributed by atoms with E-state index >= 15 is 0 Å². The third-order valence-electron chi connectivity index (χ3n) is 7.49. The van der Waals surface area contributed by atoms with Crippen LogP contribution in [0.5, 0.6) is 0 Å². The Morgan fingerprint density at radius 1 is 1.03 bits per heavy atom. The average molecular weight is 480 g/mol. The van der Waals surface area contributed by atoms with E-state index in [2.05, 4.69) is 82.7 Å². The topological polar surface area (TPSA) is 97.3 Å². The third kappa shape index (κ3) is 4.94. The van der Waals surface area contributed by atoms with Gasteiger partial charge in [0.15, 0.2) is 34.3 Å². The molecule has 3 atom stereocenters. The molecule has 0 aliphatic carbocycles. The van der Waals surface area contributed by atoms with Crippen LogP contribution in [0.3, 0.4) is 0 Å². The minimum absolute atomic E-state index is 0.0551. The van der Waals surface area contributed by atoms with E-state index < -0.39 is 16.6 Å². The number of ether oxygens (including phenoxy) is 1. The van der Waals surface area contributed by atoms with Gasteiger partial charge >= 0.3 is 0 Å². The van der Waals surface area contributed by atoms with Crippen LogP contribution in [0.25, 0.3) is 11.2 Å². The SMILES string of the molecule is CC(C)(C)[Si](C)(C)OC[C@@H]1C[C@@H](O[Si](C)(C)C(C)(C)C)[C@H](n2cnc3c(N)ncnc32)O1. The van der Waals surface area contributed by atoms with E-state index in [1.54, 1.807) is 6.33 Å². The number of nitrogens with two attached hydrogens (primary N) is 1. The molecule has 0 saturated carbocycles. The lowest BCUT2D eigenvalue weighted by atomic mass is 10.2. The number of hydrogen-bond acceptors (Lipinski definition) is 7. The maximum atomic E-state index is 6.85. The quantitative estimate of drug-likeness (QED) is 0.575. The van der Waals surface area contributed by atoms with Crippen molar-refractivity contribution in [1.29, 1.82) is 0 Å². The standard InChI is InChI=1S/C22H41N5O3Si2/c1-21(2,3)31(7,8)28-12-15-11-16(30-32(9,10)22(4,5)6)20(29-15)27-14-26-17-18(23)24-13-25-19(17)27/h13-16,20H,11-12H2,1-10H3,(H2,23,24,25)/t15-,16+,20+/m0/s1. The highest BCUT2D eigenvalue weighted by Gasteiger charge is 2.46. The first-order valence-electron chi connectivity index (χ1n) is 11.4. The van der Waals surface area contributed by atoms with Gasteiger partial charge in [0.2, 0.25) is 0 Å². The fourth-order valence-corrected chi connectivity index (χ4v) is 5.66. The zero-order chi connectivity index (χ0) is 24.1. The van der Waals surface area contributed by atoms with Gasteiger partial charge < -0.3 is 19.3 Å².